The Labute approximate surface area is 106 Å². The van der Waals surface area contributed by atoms with E-state index in [1.807, 2.05) is 0 Å². The number of carbonyl (C=O) groups excluding carboxylic acids is 1. The van der Waals surface area contributed by atoms with Gasteiger partial charge in [-0.25, -0.2) is 4.39 Å². The minimum Gasteiger partial charge on any atom is -0.320 e. The Morgan fingerprint density at radius 3 is 2.26 bits per heavy atom. The zero-order valence-corrected chi connectivity index (χ0v) is 9.58. The predicted octanol–water partition coefficient (Wildman–Crippen LogP) is 3.54. The molecule has 0 atom stereocenters. The van der Waals surface area contributed by atoms with Crippen LogP contribution in [0.4, 0.5) is 18.9 Å². The monoisotopic (exact) mass is 263 g/mol. The summed E-state index contributed by atoms with van der Waals surface area (Å²) in [4.78, 5) is 11.1. The Hall–Kier alpha value is -2.30. The molecule has 1 aliphatic heterocycles. The summed E-state index contributed by atoms with van der Waals surface area (Å²) in [7, 11) is 0. The first kappa shape index (κ1) is 11.8. The molecule has 0 bridgehead atoms. The number of alkyl halides is 2. The van der Waals surface area contributed by atoms with Gasteiger partial charge in [0.25, 0.3) is 5.91 Å². The van der Waals surface area contributed by atoms with E-state index < -0.39 is 17.6 Å². The van der Waals surface area contributed by atoms with Gasteiger partial charge in [0, 0.05) is 0 Å². The zero-order valence-electron chi connectivity index (χ0n) is 9.58. The third kappa shape index (κ3) is 1.78. The molecular formula is C14H8F3NO. The van der Waals surface area contributed by atoms with Crippen LogP contribution in [-0.4, -0.2) is 5.91 Å². The van der Waals surface area contributed by atoms with Crippen LogP contribution in [0.5, 0.6) is 0 Å². The van der Waals surface area contributed by atoms with Crippen molar-refractivity contribution in [2.75, 3.05) is 5.32 Å². The Morgan fingerprint density at radius 1 is 0.947 bits per heavy atom. The average molecular weight is 263 g/mol. The van der Waals surface area contributed by atoms with Crippen LogP contribution in [0.15, 0.2) is 42.5 Å². The average Bonchev–Trinajstić information content (AvgIpc) is 2.61. The van der Waals surface area contributed by atoms with E-state index in [0.29, 0.717) is 11.1 Å². The molecule has 1 N–H and O–H groups in total. The third-order valence-electron chi connectivity index (χ3n) is 3.07. The van der Waals surface area contributed by atoms with Gasteiger partial charge in [-0.3, -0.25) is 4.79 Å². The summed E-state index contributed by atoms with van der Waals surface area (Å²) in [5, 5.41) is 2.13. The molecule has 5 heteroatoms. The maximum Gasteiger partial charge on any atom is 0.352 e. The van der Waals surface area contributed by atoms with Crippen LogP contribution < -0.4 is 5.32 Å². The number of benzene rings is 2. The van der Waals surface area contributed by atoms with E-state index in [-0.39, 0.29) is 11.3 Å². The van der Waals surface area contributed by atoms with Crippen LogP contribution in [0.3, 0.4) is 0 Å². The maximum absolute atomic E-state index is 13.6. The van der Waals surface area contributed by atoms with Gasteiger partial charge in [0.05, 0.1) is 11.3 Å². The highest BCUT2D eigenvalue weighted by atomic mass is 19.3. The van der Waals surface area contributed by atoms with Crippen LogP contribution in [0.2, 0.25) is 0 Å². The summed E-state index contributed by atoms with van der Waals surface area (Å²) < 4.78 is 40.1. The topological polar surface area (TPSA) is 29.1 Å². The molecule has 96 valence electrons. The summed E-state index contributed by atoms with van der Waals surface area (Å²) in [5.74, 6) is -5.24. The molecule has 1 amide bonds. The molecule has 0 spiro atoms. The highest BCUT2D eigenvalue weighted by molar-refractivity contribution is 6.04. The Kier molecular flexibility index (Phi) is 2.38. The molecule has 0 saturated heterocycles. The zero-order chi connectivity index (χ0) is 13.6. The minimum atomic E-state index is -3.52. The van der Waals surface area contributed by atoms with Crippen molar-refractivity contribution in [1.29, 1.82) is 0 Å². The van der Waals surface area contributed by atoms with Gasteiger partial charge in [-0.1, -0.05) is 18.2 Å². The first-order valence-corrected chi connectivity index (χ1v) is 5.58. The van der Waals surface area contributed by atoms with Gasteiger partial charge in [0.15, 0.2) is 0 Å². The van der Waals surface area contributed by atoms with Gasteiger partial charge in [0.2, 0.25) is 0 Å². The lowest BCUT2D eigenvalue weighted by molar-refractivity contribution is -0.139. The van der Waals surface area contributed by atoms with E-state index in [1.165, 1.54) is 36.4 Å². The number of fused-ring (bicyclic) bond motifs is 1. The molecule has 19 heavy (non-hydrogen) atoms. The van der Waals surface area contributed by atoms with Crippen LogP contribution in [-0.2, 0) is 10.7 Å². The summed E-state index contributed by atoms with van der Waals surface area (Å²) in [5.41, 5.74) is 0.884. The standard InChI is InChI=1S/C14H8F3NO/c15-10-4-1-8(2-5-10)9-3-6-12-11(7-9)14(16,17)13(19)18-12/h1-7H,(H,18,19). The maximum atomic E-state index is 13.6. The van der Waals surface area contributed by atoms with E-state index >= 15 is 0 Å². The Bertz CT molecular complexity index is 665. The molecule has 2 aromatic rings. The SMILES string of the molecule is O=C1Nc2ccc(-c3ccc(F)cc3)cc2C1(F)F. The Morgan fingerprint density at radius 2 is 1.58 bits per heavy atom. The van der Waals surface area contributed by atoms with Gasteiger partial charge in [0.1, 0.15) is 5.82 Å². The van der Waals surface area contributed by atoms with Gasteiger partial charge in [-0.2, -0.15) is 8.78 Å². The van der Waals surface area contributed by atoms with Gasteiger partial charge < -0.3 is 5.32 Å². The van der Waals surface area contributed by atoms with Gasteiger partial charge in [-0.15, -0.1) is 0 Å². The first-order chi connectivity index (χ1) is 8.98. The predicted molar refractivity (Wildman–Crippen MR) is 64.4 cm³/mol. The molecule has 1 heterocycles. The number of carbonyl (C=O) groups is 1. The van der Waals surface area contributed by atoms with E-state index in [0.717, 1.165) is 0 Å². The first-order valence-electron chi connectivity index (χ1n) is 5.58. The second-order valence-corrected chi connectivity index (χ2v) is 4.30. The van der Waals surface area contributed by atoms with Gasteiger partial charge in [-0.05, 0) is 35.4 Å². The molecule has 2 nitrogen and oxygen atoms in total. The fourth-order valence-electron chi connectivity index (χ4n) is 2.06. The van der Waals surface area contributed by atoms with Crippen LogP contribution in [0.1, 0.15) is 5.56 Å². The third-order valence-corrected chi connectivity index (χ3v) is 3.07. The van der Waals surface area contributed by atoms with Crippen molar-refractivity contribution in [2.24, 2.45) is 0 Å². The molecule has 0 unspecified atom stereocenters. The smallest absolute Gasteiger partial charge is 0.320 e. The molecule has 0 radical (unpaired) electrons. The molecular weight excluding hydrogens is 255 g/mol. The molecule has 0 saturated carbocycles. The number of amides is 1. The number of hydrogen-bond donors (Lipinski definition) is 1. The molecule has 2 aromatic carbocycles. The summed E-state index contributed by atoms with van der Waals surface area (Å²) in [6.07, 6.45) is 0. The minimum absolute atomic E-state index is 0.112. The van der Waals surface area contributed by atoms with Crippen molar-refractivity contribution < 1.29 is 18.0 Å². The molecule has 0 aromatic heterocycles. The van der Waals surface area contributed by atoms with E-state index in [9.17, 15) is 18.0 Å². The van der Waals surface area contributed by atoms with E-state index in [2.05, 4.69) is 5.32 Å². The lowest BCUT2D eigenvalue weighted by Crippen LogP contribution is -2.23. The fraction of sp³-hybridized carbons (Fsp3) is 0.0714. The number of nitrogens with one attached hydrogen (secondary N) is 1. The highest BCUT2D eigenvalue weighted by Crippen LogP contribution is 2.42. The van der Waals surface area contributed by atoms with Crippen molar-refractivity contribution in [2.45, 2.75) is 5.92 Å². The second kappa shape index (κ2) is 3.85. The quantitative estimate of drug-likeness (QED) is 0.837. The highest BCUT2D eigenvalue weighted by Gasteiger charge is 2.48. The van der Waals surface area contributed by atoms with E-state index in [1.54, 1.807) is 6.07 Å². The van der Waals surface area contributed by atoms with Crippen LogP contribution >= 0.6 is 0 Å². The van der Waals surface area contributed by atoms with Crippen LogP contribution in [0, 0.1) is 5.82 Å². The van der Waals surface area contributed by atoms with Crippen molar-refractivity contribution >= 4 is 11.6 Å². The van der Waals surface area contributed by atoms with Crippen molar-refractivity contribution in [3.8, 4) is 11.1 Å². The van der Waals surface area contributed by atoms with E-state index in [4.69, 9.17) is 0 Å². The molecule has 0 fully saturated rings. The molecule has 1 aliphatic rings. The van der Waals surface area contributed by atoms with Crippen LogP contribution in [0.25, 0.3) is 11.1 Å². The molecule has 0 aliphatic carbocycles. The lowest BCUT2D eigenvalue weighted by Gasteiger charge is -2.08. The Balaban J connectivity index is 2.10. The van der Waals surface area contributed by atoms with Gasteiger partial charge >= 0.3 is 5.92 Å². The second-order valence-electron chi connectivity index (χ2n) is 4.30. The largest absolute Gasteiger partial charge is 0.352 e. The molecule has 3 rings (SSSR count). The summed E-state index contributed by atoms with van der Waals surface area (Å²) >= 11 is 0. The fourth-order valence-corrected chi connectivity index (χ4v) is 2.06. The van der Waals surface area contributed by atoms with Crippen molar-refractivity contribution in [3.05, 3.63) is 53.8 Å². The van der Waals surface area contributed by atoms with Crippen molar-refractivity contribution in [1.82, 2.24) is 0 Å². The number of anilines is 1. The summed E-state index contributed by atoms with van der Waals surface area (Å²) in [6.45, 7) is 0. The van der Waals surface area contributed by atoms with Crippen molar-refractivity contribution in [3.63, 3.8) is 0 Å². The normalized spacial score (nSPS) is 16.1. The number of hydrogen-bond acceptors (Lipinski definition) is 1. The lowest BCUT2D eigenvalue weighted by atomic mass is 10.0. The number of halogens is 3. The summed E-state index contributed by atoms with van der Waals surface area (Å²) in [6, 6.07) is 9.79. The number of rotatable bonds is 1.